The first-order chi connectivity index (χ1) is 14.9. The summed E-state index contributed by atoms with van der Waals surface area (Å²) in [4.78, 5) is 23.1. The Labute approximate surface area is 182 Å². The van der Waals surface area contributed by atoms with E-state index < -0.39 is 11.7 Å². The van der Waals surface area contributed by atoms with Crippen LogP contribution in [0.1, 0.15) is 76.7 Å². The lowest BCUT2D eigenvalue weighted by Crippen LogP contribution is -2.57. The van der Waals surface area contributed by atoms with Crippen molar-refractivity contribution in [1.82, 2.24) is 14.9 Å². The maximum Gasteiger partial charge on any atom is 0.230 e. The number of pyridine rings is 1. The quantitative estimate of drug-likeness (QED) is 0.719. The number of nitrogens with zero attached hydrogens (tertiary/aromatic N) is 2. The van der Waals surface area contributed by atoms with Crippen molar-refractivity contribution in [3.8, 4) is 5.75 Å². The van der Waals surface area contributed by atoms with Gasteiger partial charge in [-0.05, 0) is 62.8 Å². The number of amides is 1. The van der Waals surface area contributed by atoms with Gasteiger partial charge < -0.3 is 19.7 Å². The van der Waals surface area contributed by atoms with E-state index in [0.717, 1.165) is 38.5 Å². The number of aromatic nitrogens is 2. The lowest BCUT2D eigenvalue weighted by atomic mass is 9.65. The lowest BCUT2D eigenvalue weighted by Gasteiger charge is -2.53. The monoisotopic (exact) mass is 429 g/mol. The van der Waals surface area contributed by atoms with E-state index in [1.54, 1.807) is 6.20 Å². The number of hydrogen-bond acceptors (Lipinski definition) is 4. The molecule has 0 spiro atoms. The molecule has 0 aromatic carbocycles. The summed E-state index contributed by atoms with van der Waals surface area (Å²) in [7, 11) is 0. The Hall–Kier alpha value is -2.15. The van der Waals surface area contributed by atoms with Gasteiger partial charge in [0.2, 0.25) is 5.91 Å². The molecule has 31 heavy (non-hydrogen) atoms. The Morgan fingerprint density at radius 2 is 2.23 bits per heavy atom. The van der Waals surface area contributed by atoms with E-state index in [4.69, 9.17) is 4.74 Å². The number of nitrogens with one attached hydrogen (secondary N) is 1. The van der Waals surface area contributed by atoms with Crippen molar-refractivity contribution in [2.75, 3.05) is 6.61 Å². The van der Waals surface area contributed by atoms with Crippen molar-refractivity contribution in [2.24, 2.45) is 5.41 Å². The van der Waals surface area contributed by atoms with Gasteiger partial charge in [-0.15, -0.1) is 0 Å². The normalized spacial score (nSPS) is 29.2. The molecule has 1 aliphatic heterocycles. The molecule has 168 valence electrons. The van der Waals surface area contributed by atoms with E-state index in [9.17, 15) is 9.90 Å². The summed E-state index contributed by atoms with van der Waals surface area (Å²) in [5.74, 6) is -0.770. The molecule has 4 unspecified atom stereocenters. The fraction of sp³-hybridized carbons (Fsp3) is 0.667. The summed E-state index contributed by atoms with van der Waals surface area (Å²) >= 11 is 0. The summed E-state index contributed by atoms with van der Waals surface area (Å²) in [6, 6.07) is 0.229. The van der Waals surface area contributed by atoms with Crippen LogP contribution in [0, 0.1) is 11.2 Å². The highest BCUT2D eigenvalue weighted by Crippen LogP contribution is 2.48. The molecule has 7 heteroatoms. The molecular formula is C24H32FN3O3. The first-order valence-electron chi connectivity index (χ1n) is 11.7. The zero-order chi connectivity index (χ0) is 21.8. The molecule has 6 nitrogen and oxygen atoms in total. The number of rotatable bonds is 6. The maximum absolute atomic E-state index is 15.3. The van der Waals surface area contributed by atoms with Crippen LogP contribution in [0.4, 0.5) is 4.39 Å². The van der Waals surface area contributed by atoms with Crippen LogP contribution in [-0.4, -0.2) is 50.7 Å². The molecule has 0 radical (unpaired) electrons. The molecule has 5 rings (SSSR count). The molecule has 2 aliphatic carbocycles. The minimum atomic E-state index is -0.506. The van der Waals surface area contributed by atoms with Gasteiger partial charge in [0, 0.05) is 24.9 Å². The Bertz CT molecular complexity index is 988. The first-order valence-corrected chi connectivity index (χ1v) is 11.7. The molecule has 2 aromatic rings. The third-order valence-corrected chi connectivity index (χ3v) is 7.57. The smallest absolute Gasteiger partial charge is 0.230 e. The molecule has 2 aromatic heterocycles. The number of aliphatic hydroxyl groups is 1. The second-order valence-corrected chi connectivity index (χ2v) is 10.1. The molecular weight excluding hydrogens is 397 g/mol. The average molecular weight is 430 g/mol. The van der Waals surface area contributed by atoms with E-state index in [0.29, 0.717) is 23.0 Å². The number of H-pyrrole nitrogens is 1. The Morgan fingerprint density at radius 3 is 2.97 bits per heavy atom. The van der Waals surface area contributed by atoms with Gasteiger partial charge in [-0.3, -0.25) is 4.79 Å². The molecule has 2 saturated carbocycles. The number of likely N-dealkylation sites (tertiary alicyclic amines) is 1. The summed E-state index contributed by atoms with van der Waals surface area (Å²) in [6.45, 7) is 4.24. The van der Waals surface area contributed by atoms with Crippen LogP contribution >= 0.6 is 0 Å². The number of hydrogen-bond donors (Lipinski definition) is 2. The third kappa shape index (κ3) is 3.71. The fourth-order valence-electron chi connectivity index (χ4n) is 5.88. The number of aliphatic hydroxyl groups excluding tert-OH is 1. The van der Waals surface area contributed by atoms with E-state index in [1.165, 1.54) is 12.6 Å². The van der Waals surface area contributed by atoms with E-state index >= 15 is 4.39 Å². The Morgan fingerprint density at radius 1 is 1.42 bits per heavy atom. The second kappa shape index (κ2) is 7.76. The summed E-state index contributed by atoms with van der Waals surface area (Å²) < 4.78 is 21.0. The van der Waals surface area contributed by atoms with Gasteiger partial charge in [0.15, 0.2) is 11.6 Å². The molecule has 4 atom stereocenters. The van der Waals surface area contributed by atoms with Crippen molar-refractivity contribution in [1.29, 1.82) is 0 Å². The van der Waals surface area contributed by atoms with Gasteiger partial charge >= 0.3 is 0 Å². The summed E-state index contributed by atoms with van der Waals surface area (Å²) in [5, 5.41) is 10.0. The van der Waals surface area contributed by atoms with E-state index in [2.05, 4.69) is 16.9 Å². The highest BCUT2D eigenvalue weighted by atomic mass is 19.1. The first kappa shape index (κ1) is 20.7. The third-order valence-electron chi connectivity index (χ3n) is 7.57. The van der Waals surface area contributed by atoms with E-state index in [1.807, 2.05) is 11.8 Å². The zero-order valence-corrected chi connectivity index (χ0v) is 18.4. The van der Waals surface area contributed by atoms with Crippen LogP contribution in [-0.2, 0) is 4.79 Å². The SMILES string of the molecule is CC(C(=O)N1C(CCO)CC2(C)CCCC1C2)c1c[nH]c2ncc(OC3CC3)c(F)c12. The minimum absolute atomic E-state index is 0.0150. The van der Waals surface area contributed by atoms with Crippen molar-refractivity contribution < 1.29 is 19.0 Å². The fourth-order valence-corrected chi connectivity index (χ4v) is 5.88. The van der Waals surface area contributed by atoms with Gasteiger partial charge in [-0.1, -0.05) is 13.3 Å². The molecule has 3 aliphatic rings. The van der Waals surface area contributed by atoms with Gasteiger partial charge in [-0.2, -0.15) is 0 Å². The van der Waals surface area contributed by atoms with Crippen molar-refractivity contribution in [3.05, 3.63) is 23.8 Å². The molecule has 2 bridgehead atoms. The Kier molecular flexibility index (Phi) is 5.19. The second-order valence-electron chi connectivity index (χ2n) is 10.1. The average Bonchev–Trinajstić information content (AvgIpc) is 3.44. The van der Waals surface area contributed by atoms with Crippen LogP contribution in [0.5, 0.6) is 5.75 Å². The molecule has 2 N–H and O–H groups in total. The Balaban J connectivity index is 1.46. The number of carbonyl (C=O) groups is 1. The van der Waals surface area contributed by atoms with Gasteiger partial charge in [0.1, 0.15) is 5.65 Å². The maximum atomic E-state index is 15.3. The standard InChI is InChI=1S/C24H32FN3O3/c1-14(18-12-26-22-20(18)21(25)19(13-27-22)31-17-5-6-17)23(30)28-15-4-3-8-24(2,10-15)11-16(28)7-9-29/h12-17,29H,3-11H2,1-2H3,(H,26,27). The molecule has 1 saturated heterocycles. The van der Waals surface area contributed by atoms with Gasteiger partial charge in [-0.25, -0.2) is 9.37 Å². The van der Waals surface area contributed by atoms with Crippen molar-refractivity contribution in [3.63, 3.8) is 0 Å². The number of carbonyl (C=O) groups excluding carboxylic acids is 1. The van der Waals surface area contributed by atoms with Crippen molar-refractivity contribution >= 4 is 16.9 Å². The van der Waals surface area contributed by atoms with Crippen LogP contribution in [0.2, 0.25) is 0 Å². The number of halogens is 1. The highest BCUT2D eigenvalue weighted by molar-refractivity contribution is 5.91. The van der Waals surface area contributed by atoms with Crippen molar-refractivity contribution in [2.45, 2.75) is 89.3 Å². The lowest BCUT2D eigenvalue weighted by molar-refractivity contribution is -0.146. The summed E-state index contributed by atoms with van der Waals surface area (Å²) in [5.41, 5.74) is 1.30. The highest BCUT2D eigenvalue weighted by Gasteiger charge is 2.46. The van der Waals surface area contributed by atoms with Gasteiger partial charge in [0.05, 0.1) is 23.6 Å². The molecule has 1 amide bonds. The largest absolute Gasteiger partial charge is 0.486 e. The van der Waals surface area contributed by atoms with Gasteiger partial charge in [0.25, 0.3) is 0 Å². The number of fused-ring (bicyclic) bond motifs is 3. The predicted octanol–water partition coefficient (Wildman–Crippen LogP) is 4.28. The number of ether oxygens (including phenoxy) is 1. The number of piperidine rings is 1. The van der Waals surface area contributed by atoms with Crippen LogP contribution < -0.4 is 4.74 Å². The van der Waals surface area contributed by atoms with Crippen LogP contribution in [0.25, 0.3) is 11.0 Å². The minimum Gasteiger partial charge on any atom is -0.486 e. The predicted molar refractivity (Wildman–Crippen MR) is 115 cm³/mol. The molecule has 3 heterocycles. The van der Waals surface area contributed by atoms with Crippen LogP contribution in [0.3, 0.4) is 0 Å². The molecule has 3 fully saturated rings. The topological polar surface area (TPSA) is 78.5 Å². The van der Waals surface area contributed by atoms with E-state index in [-0.39, 0.29) is 41.9 Å². The zero-order valence-electron chi connectivity index (χ0n) is 18.4. The summed E-state index contributed by atoms with van der Waals surface area (Å²) in [6.07, 6.45) is 10.9. The van der Waals surface area contributed by atoms with Crippen LogP contribution in [0.15, 0.2) is 12.4 Å². The number of aromatic amines is 1.